The van der Waals surface area contributed by atoms with E-state index in [2.05, 4.69) is 40.5 Å². The molecule has 0 aliphatic carbocycles. The van der Waals surface area contributed by atoms with Crippen molar-refractivity contribution in [2.75, 3.05) is 5.32 Å². The van der Waals surface area contributed by atoms with Crippen LogP contribution in [0.25, 0.3) is 10.9 Å². The molecule has 0 bridgehead atoms. The number of anilines is 1. The molecule has 0 aliphatic rings. The SMILES string of the molecule is Cc1cccc(Cn2nccc2NC(=O)Cc2c[nH]c3ccccc23)c1. The molecular weight excluding hydrogens is 324 g/mol. The van der Waals surface area contributed by atoms with Gasteiger partial charge in [-0.2, -0.15) is 5.10 Å². The number of para-hydroxylation sites is 1. The zero-order valence-electron chi connectivity index (χ0n) is 14.6. The molecule has 130 valence electrons. The first-order valence-electron chi connectivity index (χ1n) is 8.61. The Morgan fingerprint density at radius 3 is 2.92 bits per heavy atom. The Kier molecular flexibility index (Phi) is 4.27. The van der Waals surface area contributed by atoms with Gasteiger partial charge >= 0.3 is 0 Å². The molecule has 0 atom stereocenters. The number of fused-ring (bicyclic) bond motifs is 1. The van der Waals surface area contributed by atoms with Gasteiger partial charge in [0.15, 0.2) is 0 Å². The number of H-pyrrole nitrogens is 1. The van der Waals surface area contributed by atoms with Gasteiger partial charge in [-0.25, -0.2) is 4.68 Å². The fourth-order valence-electron chi connectivity index (χ4n) is 3.19. The van der Waals surface area contributed by atoms with E-state index >= 15 is 0 Å². The molecule has 0 aliphatic heterocycles. The normalized spacial score (nSPS) is 11.0. The highest BCUT2D eigenvalue weighted by Crippen LogP contribution is 2.19. The summed E-state index contributed by atoms with van der Waals surface area (Å²) < 4.78 is 1.81. The van der Waals surface area contributed by atoms with E-state index in [1.807, 2.05) is 47.3 Å². The molecule has 26 heavy (non-hydrogen) atoms. The quantitative estimate of drug-likeness (QED) is 0.577. The van der Waals surface area contributed by atoms with Gasteiger partial charge in [0.1, 0.15) is 5.82 Å². The third kappa shape index (κ3) is 3.37. The molecule has 0 radical (unpaired) electrons. The molecule has 0 spiro atoms. The van der Waals surface area contributed by atoms with E-state index in [0.29, 0.717) is 18.8 Å². The number of nitrogens with zero attached hydrogens (tertiary/aromatic N) is 2. The van der Waals surface area contributed by atoms with Crippen molar-refractivity contribution in [3.05, 3.63) is 83.7 Å². The second-order valence-corrected chi connectivity index (χ2v) is 6.45. The van der Waals surface area contributed by atoms with Crippen molar-refractivity contribution >= 4 is 22.6 Å². The van der Waals surface area contributed by atoms with Crippen LogP contribution in [0.4, 0.5) is 5.82 Å². The molecule has 2 aromatic carbocycles. The van der Waals surface area contributed by atoms with Crippen LogP contribution in [-0.4, -0.2) is 20.7 Å². The summed E-state index contributed by atoms with van der Waals surface area (Å²) in [5.41, 5.74) is 4.39. The minimum Gasteiger partial charge on any atom is -0.361 e. The summed E-state index contributed by atoms with van der Waals surface area (Å²) in [4.78, 5) is 15.7. The summed E-state index contributed by atoms with van der Waals surface area (Å²) in [6.45, 7) is 2.69. The molecule has 2 N–H and O–H groups in total. The first-order valence-corrected chi connectivity index (χ1v) is 8.61. The van der Waals surface area contributed by atoms with Crippen molar-refractivity contribution in [3.8, 4) is 0 Å². The lowest BCUT2D eigenvalue weighted by atomic mass is 10.1. The van der Waals surface area contributed by atoms with Crippen LogP contribution in [0.15, 0.2) is 67.0 Å². The first-order chi connectivity index (χ1) is 12.7. The number of carbonyl (C=O) groups excluding carboxylic acids is 1. The molecule has 5 heteroatoms. The standard InChI is InChI=1S/C21H20N4O/c1-15-5-4-6-16(11-15)14-25-20(9-10-23-25)24-21(26)12-17-13-22-19-8-3-2-7-18(17)19/h2-11,13,22H,12,14H2,1H3,(H,24,26). The molecular formula is C21H20N4O. The Morgan fingerprint density at radius 1 is 1.15 bits per heavy atom. The Morgan fingerprint density at radius 2 is 2.04 bits per heavy atom. The van der Waals surface area contributed by atoms with Crippen molar-refractivity contribution < 1.29 is 4.79 Å². The molecule has 0 saturated heterocycles. The maximum absolute atomic E-state index is 12.5. The summed E-state index contributed by atoms with van der Waals surface area (Å²) in [5.74, 6) is 0.650. The fraction of sp³-hybridized carbons (Fsp3) is 0.143. The van der Waals surface area contributed by atoms with Crippen LogP contribution < -0.4 is 5.32 Å². The zero-order chi connectivity index (χ0) is 17.9. The van der Waals surface area contributed by atoms with E-state index < -0.39 is 0 Å². The molecule has 2 aromatic heterocycles. The number of benzene rings is 2. The van der Waals surface area contributed by atoms with E-state index in [4.69, 9.17) is 0 Å². The number of aryl methyl sites for hydroxylation is 1. The second kappa shape index (κ2) is 6.88. The van der Waals surface area contributed by atoms with Crippen molar-refractivity contribution in [3.63, 3.8) is 0 Å². The molecule has 0 fully saturated rings. The third-order valence-corrected chi connectivity index (χ3v) is 4.42. The largest absolute Gasteiger partial charge is 0.361 e. The van der Waals surface area contributed by atoms with Gasteiger partial charge in [-0.3, -0.25) is 4.79 Å². The summed E-state index contributed by atoms with van der Waals surface area (Å²) in [6, 6.07) is 18.1. The lowest BCUT2D eigenvalue weighted by Crippen LogP contribution is -2.17. The highest BCUT2D eigenvalue weighted by Gasteiger charge is 2.11. The lowest BCUT2D eigenvalue weighted by Gasteiger charge is -2.09. The highest BCUT2D eigenvalue weighted by atomic mass is 16.1. The number of carbonyl (C=O) groups is 1. The number of hydrogen-bond donors (Lipinski definition) is 2. The van der Waals surface area contributed by atoms with Gasteiger partial charge in [-0.05, 0) is 24.1 Å². The first kappa shape index (κ1) is 16.1. The fourth-order valence-corrected chi connectivity index (χ4v) is 3.19. The molecule has 0 unspecified atom stereocenters. The number of rotatable bonds is 5. The van der Waals surface area contributed by atoms with E-state index in [9.17, 15) is 4.79 Å². The number of hydrogen-bond acceptors (Lipinski definition) is 2. The van der Waals surface area contributed by atoms with Gasteiger partial charge in [0.25, 0.3) is 0 Å². The zero-order valence-corrected chi connectivity index (χ0v) is 14.6. The molecule has 0 saturated carbocycles. The summed E-state index contributed by atoms with van der Waals surface area (Å²) in [5, 5.41) is 8.39. The smallest absolute Gasteiger partial charge is 0.230 e. The van der Waals surface area contributed by atoms with Crippen LogP contribution in [0.1, 0.15) is 16.7 Å². The van der Waals surface area contributed by atoms with Gasteiger partial charge in [-0.1, -0.05) is 48.0 Å². The van der Waals surface area contributed by atoms with E-state index in [0.717, 1.165) is 22.0 Å². The predicted molar refractivity (Wildman–Crippen MR) is 103 cm³/mol. The van der Waals surface area contributed by atoms with E-state index in [1.54, 1.807) is 6.20 Å². The number of amides is 1. The maximum atomic E-state index is 12.5. The number of nitrogens with one attached hydrogen (secondary N) is 2. The van der Waals surface area contributed by atoms with Gasteiger partial charge in [0.05, 0.1) is 19.2 Å². The van der Waals surface area contributed by atoms with Gasteiger partial charge < -0.3 is 10.3 Å². The Balaban J connectivity index is 1.48. The van der Waals surface area contributed by atoms with E-state index in [1.165, 1.54) is 5.56 Å². The second-order valence-electron chi connectivity index (χ2n) is 6.45. The average molecular weight is 344 g/mol. The maximum Gasteiger partial charge on any atom is 0.230 e. The minimum absolute atomic E-state index is 0.0549. The molecule has 4 rings (SSSR count). The molecule has 4 aromatic rings. The summed E-state index contributed by atoms with van der Waals surface area (Å²) in [6.07, 6.45) is 3.92. The van der Waals surface area contributed by atoms with Crippen molar-refractivity contribution in [1.29, 1.82) is 0 Å². The summed E-state index contributed by atoms with van der Waals surface area (Å²) in [7, 11) is 0. The Labute approximate surface area is 151 Å². The van der Waals surface area contributed by atoms with Gasteiger partial charge in [0, 0.05) is 23.2 Å². The van der Waals surface area contributed by atoms with Crippen LogP contribution in [0, 0.1) is 6.92 Å². The molecule has 1 amide bonds. The van der Waals surface area contributed by atoms with Crippen LogP contribution in [0.2, 0.25) is 0 Å². The summed E-state index contributed by atoms with van der Waals surface area (Å²) >= 11 is 0. The average Bonchev–Trinajstić information content (AvgIpc) is 3.23. The van der Waals surface area contributed by atoms with Gasteiger partial charge in [0.2, 0.25) is 5.91 Å². The highest BCUT2D eigenvalue weighted by molar-refractivity contribution is 5.95. The van der Waals surface area contributed by atoms with Crippen molar-refractivity contribution in [2.24, 2.45) is 0 Å². The van der Waals surface area contributed by atoms with Gasteiger partial charge in [-0.15, -0.1) is 0 Å². The number of aromatic nitrogens is 3. The molecule has 2 heterocycles. The van der Waals surface area contributed by atoms with E-state index in [-0.39, 0.29) is 5.91 Å². The predicted octanol–water partition coefficient (Wildman–Crippen LogP) is 3.90. The van der Waals surface area contributed by atoms with Crippen LogP contribution in [0.5, 0.6) is 0 Å². The van der Waals surface area contributed by atoms with Crippen LogP contribution in [-0.2, 0) is 17.8 Å². The van der Waals surface area contributed by atoms with Crippen molar-refractivity contribution in [1.82, 2.24) is 14.8 Å². The Hall–Kier alpha value is -3.34. The lowest BCUT2D eigenvalue weighted by molar-refractivity contribution is -0.115. The van der Waals surface area contributed by atoms with Crippen molar-refractivity contribution in [2.45, 2.75) is 19.9 Å². The monoisotopic (exact) mass is 344 g/mol. The minimum atomic E-state index is -0.0549. The topological polar surface area (TPSA) is 62.7 Å². The Bertz CT molecular complexity index is 1060. The van der Waals surface area contributed by atoms with Crippen LogP contribution >= 0.6 is 0 Å². The number of aromatic amines is 1. The third-order valence-electron chi connectivity index (χ3n) is 4.42. The molecule has 5 nitrogen and oxygen atoms in total. The van der Waals surface area contributed by atoms with Crippen LogP contribution in [0.3, 0.4) is 0 Å².